The fraction of sp³-hybridized carbons (Fsp3) is 0.310. The van der Waals surface area contributed by atoms with Gasteiger partial charge < -0.3 is 24.1 Å². The molecule has 0 aliphatic carbocycles. The van der Waals surface area contributed by atoms with Gasteiger partial charge in [-0.1, -0.05) is 36.4 Å². The van der Waals surface area contributed by atoms with Crippen LogP contribution >= 0.6 is 11.3 Å². The van der Waals surface area contributed by atoms with Gasteiger partial charge in [-0.25, -0.2) is 9.78 Å². The SMILES string of the molecule is COc1cc(-c2nc(-c3cccs3)c(-c3ccccc3)[nH]2)cc(OC)c1OC(=O)N1C2CCCC1CC2. The monoisotopic (exact) mass is 515 g/mol. The predicted molar refractivity (Wildman–Crippen MR) is 144 cm³/mol. The second-order valence-electron chi connectivity index (χ2n) is 9.45. The molecule has 6 rings (SSSR count). The van der Waals surface area contributed by atoms with E-state index in [0.717, 1.165) is 53.1 Å². The number of imidazole rings is 1. The third kappa shape index (κ3) is 4.35. The van der Waals surface area contributed by atoms with Crippen molar-refractivity contribution in [1.82, 2.24) is 14.9 Å². The van der Waals surface area contributed by atoms with Crippen LogP contribution in [0.15, 0.2) is 60.0 Å². The van der Waals surface area contributed by atoms with Crippen LogP contribution in [-0.4, -0.2) is 47.3 Å². The van der Waals surface area contributed by atoms with Crippen molar-refractivity contribution in [2.24, 2.45) is 0 Å². The second-order valence-corrected chi connectivity index (χ2v) is 10.4. The molecule has 2 aromatic carbocycles. The lowest BCUT2D eigenvalue weighted by Crippen LogP contribution is -2.45. The molecule has 0 spiro atoms. The number of aromatic nitrogens is 2. The van der Waals surface area contributed by atoms with Gasteiger partial charge in [-0.2, -0.15) is 0 Å². The summed E-state index contributed by atoms with van der Waals surface area (Å²) in [6.45, 7) is 0. The summed E-state index contributed by atoms with van der Waals surface area (Å²) in [5, 5.41) is 2.04. The molecule has 4 heterocycles. The molecule has 8 heteroatoms. The molecule has 4 aromatic rings. The van der Waals surface area contributed by atoms with Crippen molar-refractivity contribution in [2.45, 2.75) is 44.2 Å². The number of ether oxygens (including phenoxy) is 3. The number of H-pyrrole nitrogens is 1. The van der Waals surface area contributed by atoms with E-state index >= 15 is 0 Å². The molecule has 1 amide bonds. The van der Waals surface area contributed by atoms with Crippen molar-refractivity contribution in [3.05, 3.63) is 60.0 Å². The first-order valence-corrected chi connectivity index (χ1v) is 13.5. The molecule has 2 aliphatic heterocycles. The van der Waals surface area contributed by atoms with Crippen molar-refractivity contribution in [1.29, 1.82) is 0 Å². The molecule has 2 unspecified atom stereocenters. The number of hydrogen-bond donors (Lipinski definition) is 1. The minimum atomic E-state index is -0.333. The Bertz CT molecular complexity index is 1360. The fourth-order valence-electron chi connectivity index (χ4n) is 5.59. The highest BCUT2D eigenvalue weighted by molar-refractivity contribution is 7.13. The quantitative estimate of drug-likeness (QED) is 0.299. The van der Waals surface area contributed by atoms with Crippen molar-refractivity contribution >= 4 is 17.4 Å². The van der Waals surface area contributed by atoms with Crippen molar-refractivity contribution in [3.63, 3.8) is 0 Å². The van der Waals surface area contributed by atoms with Crippen LogP contribution in [0.5, 0.6) is 17.2 Å². The number of amides is 1. The number of thiophene rings is 1. The lowest BCUT2D eigenvalue weighted by Gasteiger charge is -2.33. The van der Waals surface area contributed by atoms with E-state index < -0.39 is 0 Å². The van der Waals surface area contributed by atoms with Gasteiger partial charge in [-0.15, -0.1) is 11.3 Å². The van der Waals surface area contributed by atoms with Gasteiger partial charge >= 0.3 is 6.09 Å². The summed E-state index contributed by atoms with van der Waals surface area (Å²) in [5.74, 6) is 1.80. The van der Waals surface area contributed by atoms with Gasteiger partial charge in [0.1, 0.15) is 11.5 Å². The zero-order chi connectivity index (χ0) is 25.4. The second kappa shape index (κ2) is 9.94. The van der Waals surface area contributed by atoms with Crippen LogP contribution in [0.25, 0.3) is 33.2 Å². The summed E-state index contributed by atoms with van der Waals surface area (Å²) in [6, 6.07) is 18.4. The number of carbonyl (C=O) groups excluding carboxylic acids is 1. The Kier molecular flexibility index (Phi) is 6.34. The highest BCUT2D eigenvalue weighted by atomic mass is 32.1. The minimum absolute atomic E-state index is 0.262. The largest absolute Gasteiger partial charge is 0.493 e. The molecule has 190 valence electrons. The number of rotatable bonds is 6. The highest BCUT2D eigenvalue weighted by Gasteiger charge is 2.41. The number of nitrogens with zero attached hydrogens (tertiary/aromatic N) is 2. The van der Waals surface area contributed by atoms with E-state index in [1.165, 1.54) is 6.42 Å². The fourth-order valence-corrected chi connectivity index (χ4v) is 6.31. The molecular formula is C29H29N3O4S. The topological polar surface area (TPSA) is 76.7 Å². The average molecular weight is 516 g/mol. The van der Waals surface area contributed by atoms with E-state index in [2.05, 4.69) is 23.2 Å². The Hall–Kier alpha value is -3.78. The Morgan fingerprint density at radius 1 is 0.946 bits per heavy atom. The molecule has 0 radical (unpaired) electrons. The Labute approximate surface area is 220 Å². The number of fused-ring (bicyclic) bond motifs is 2. The molecule has 37 heavy (non-hydrogen) atoms. The van der Waals surface area contributed by atoms with Gasteiger partial charge in [0.05, 0.1) is 24.8 Å². The van der Waals surface area contributed by atoms with Crippen LogP contribution < -0.4 is 14.2 Å². The first-order valence-electron chi connectivity index (χ1n) is 12.6. The van der Waals surface area contributed by atoms with E-state index in [0.29, 0.717) is 17.3 Å². The van der Waals surface area contributed by atoms with Crippen molar-refractivity contribution in [2.75, 3.05) is 14.2 Å². The van der Waals surface area contributed by atoms with Crippen LogP contribution in [0.1, 0.15) is 32.1 Å². The number of aromatic amines is 1. The molecule has 2 aromatic heterocycles. The number of piperidine rings is 1. The number of nitrogens with one attached hydrogen (secondary N) is 1. The standard InChI is InChI=1S/C29H29N3O4S/c1-34-22-16-19(17-23(35-2)27(22)36-29(33)32-20-10-6-11-21(32)14-13-20)28-30-25(18-8-4-3-5-9-18)26(31-28)24-12-7-15-37-24/h3-5,7-9,12,15-17,20-21H,6,10-11,13-14H2,1-2H3,(H,30,31). The normalized spacial score (nSPS) is 18.6. The maximum Gasteiger partial charge on any atom is 0.416 e. The number of methoxy groups -OCH3 is 2. The summed E-state index contributed by atoms with van der Waals surface area (Å²) in [6.07, 6.45) is 4.99. The summed E-state index contributed by atoms with van der Waals surface area (Å²) in [5.41, 5.74) is 3.63. The molecule has 2 atom stereocenters. The van der Waals surface area contributed by atoms with E-state index in [9.17, 15) is 4.79 Å². The van der Waals surface area contributed by atoms with E-state index in [4.69, 9.17) is 19.2 Å². The van der Waals surface area contributed by atoms with Crippen LogP contribution in [0.4, 0.5) is 4.79 Å². The highest BCUT2D eigenvalue weighted by Crippen LogP contribution is 2.44. The number of carbonyl (C=O) groups is 1. The van der Waals surface area contributed by atoms with Crippen molar-refractivity contribution in [3.8, 4) is 50.5 Å². The van der Waals surface area contributed by atoms with Crippen LogP contribution in [0.2, 0.25) is 0 Å². The lowest BCUT2D eigenvalue weighted by molar-refractivity contribution is 0.107. The minimum Gasteiger partial charge on any atom is -0.493 e. The Balaban J connectivity index is 1.38. The first-order chi connectivity index (χ1) is 18.2. The number of benzene rings is 2. The number of hydrogen-bond acceptors (Lipinski definition) is 6. The Morgan fingerprint density at radius 2 is 1.65 bits per heavy atom. The summed E-state index contributed by atoms with van der Waals surface area (Å²) in [7, 11) is 3.13. The van der Waals surface area contributed by atoms with Crippen LogP contribution in [0, 0.1) is 0 Å². The van der Waals surface area contributed by atoms with Gasteiger partial charge in [0.15, 0.2) is 11.5 Å². The summed E-state index contributed by atoms with van der Waals surface area (Å²) in [4.78, 5) is 24.7. The first kappa shape index (κ1) is 23.6. The van der Waals surface area contributed by atoms with Crippen molar-refractivity contribution < 1.29 is 19.0 Å². The van der Waals surface area contributed by atoms with Crippen LogP contribution in [0.3, 0.4) is 0 Å². The molecule has 0 saturated carbocycles. The van der Waals surface area contributed by atoms with Gasteiger partial charge in [0.2, 0.25) is 5.75 Å². The molecule has 2 fully saturated rings. The molecule has 1 N–H and O–H groups in total. The molecule has 7 nitrogen and oxygen atoms in total. The molecule has 2 bridgehead atoms. The third-order valence-corrected chi connectivity index (χ3v) is 8.23. The zero-order valence-electron chi connectivity index (χ0n) is 20.9. The molecular weight excluding hydrogens is 486 g/mol. The average Bonchev–Trinajstić information content (AvgIpc) is 3.67. The van der Waals surface area contributed by atoms with Crippen LogP contribution in [-0.2, 0) is 0 Å². The van der Waals surface area contributed by atoms with Gasteiger partial charge in [-0.05, 0) is 55.7 Å². The lowest BCUT2D eigenvalue weighted by atomic mass is 10.0. The molecule has 2 aliphatic rings. The van der Waals surface area contributed by atoms with E-state index in [1.807, 2.05) is 46.7 Å². The van der Waals surface area contributed by atoms with E-state index in [1.54, 1.807) is 25.6 Å². The Morgan fingerprint density at radius 3 is 2.27 bits per heavy atom. The third-order valence-electron chi connectivity index (χ3n) is 7.35. The predicted octanol–water partition coefficient (Wildman–Crippen LogP) is 7.01. The molecule has 2 saturated heterocycles. The van der Waals surface area contributed by atoms with Gasteiger partial charge in [0.25, 0.3) is 0 Å². The smallest absolute Gasteiger partial charge is 0.416 e. The maximum atomic E-state index is 13.2. The zero-order valence-corrected chi connectivity index (χ0v) is 21.7. The van der Waals surface area contributed by atoms with E-state index in [-0.39, 0.29) is 23.9 Å². The summed E-state index contributed by atoms with van der Waals surface area (Å²) < 4.78 is 17.3. The summed E-state index contributed by atoms with van der Waals surface area (Å²) >= 11 is 1.64. The van der Waals surface area contributed by atoms with Gasteiger partial charge in [0, 0.05) is 23.2 Å². The maximum absolute atomic E-state index is 13.2. The van der Waals surface area contributed by atoms with Gasteiger partial charge in [-0.3, -0.25) is 0 Å².